The monoisotopic (exact) mass is 321 g/mol. The van der Waals surface area contributed by atoms with E-state index < -0.39 is 44.3 Å². The van der Waals surface area contributed by atoms with Crippen molar-refractivity contribution in [3.8, 4) is 0 Å². The van der Waals surface area contributed by atoms with Crippen molar-refractivity contribution in [2.45, 2.75) is 31.0 Å². The van der Waals surface area contributed by atoms with Crippen molar-refractivity contribution in [3.63, 3.8) is 0 Å². The molecule has 2 rings (SSSR count). The maximum absolute atomic E-state index is 14.1. The van der Waals surface area contributed by atoms with Gasteiger partial charge in [-0.05, 0) is 26.0 Å². The predicted molar refractivity (Wildman–Crippen MR) is 71.1 cm³/mol. The lowest BCUT2D eigenvalue weighted by molar-refractivity contribution is -0.0640. The number of benzene rings is 1. The predicted octanol–water partition coefficient (Wildman–Crippen LogP) is 1.26. The molecule has 0 atom stereocenters. The number of hydrogen-bond donors (Lipinski definition) is 1. The Hall–Kier alpha value is -1.09. The summed E-state index contributed by atoms with van der Waals surface area (Å²) in [6.45, 7) is 2.92. The fourth-order valence-electron chi connectivity index (χ4n) is 2.24. The van der Waals surface area contributed by atoms with Gasteiger partial charge in [-0.25, -0.2) is 17.2 Å². The minimum atomic E-state index is -4.11. The number of hydrogen-bond acceptors (Lipinski definition) is 4. The SMILES string of the molecule is CC1(C)CN(S(=O)(=O)c2ccc(F)c(CO)c2F)CCO1. The zero-order valence-corrected chi connectivity index (χ0v) is 12.6. The van der Waals surface area contributed by atoms with Crippen molar-refractivity contribution >= 4 is 10.0 Å². The van der Waals surface area contributed by atoms with Gasteiger partial charge in [-0.1, -0.05) is 0 Å². The van der Waals surface area contributed by atoms with Gasteiger partial charge in [0.1, 0.15) is 10.7 Å². The second kappa shape index (κ2) is 5.60. The van der Waals surface area contributed by atoms with Gasteiger partial charge in [0.05, 0.1) is 24.4 Å². The second-order valence-electron chi connectivity index (χ2n) is 5.44. The number of aliphatic hydroxyl groups is 1. The Morgan fingerprint density at radius 3 is 2.62 bits per heavy atom. The summed E-state index contributed by atoms with van der Waals surface area (Å²) in [6, 6.07) is 1.72. The Morgan fingerprint density at radius 2 is 2.05 bits per heavy atom. The van der Waals surface area contributed by atoms with Crippen LogP contribution < -0.4 is 0 Å². The van der Waals surface area contributed by atoms with Crippen LogP contribution in [0.1, 0.15) is 19.4 Å². The van der Waals surface area contributed by atoms with Gasteiger partial charge in [-0.15, -0.1) is 0 Å². The van der Waals surface area contributed by atoms with Crippen LogP contribution in [0.15, 0.2) is 17.0 Å². The summed E-state index contributed by atoms with van der Waals surface area (Å²) in [4.78, 5) is -0.634. The third-order valence-electron chi connectivity index (χ3n) is 3.32. The van der Waals surface area contributed by atoms with E-state index in [9.17, 15) is 17.2 Å². The van der Waals surface area contributed by atoms with E-state index in [0.717, 1.165) is 16.4 Å². The number of ether oxygens (including phenoxy) is 1. The molecule has 0 aromatic heterocycles. The third-order valence-corrected chi connectivity index (χ3v) is 5.18. The first-order chi connectivity index (χ1) is 9.69. The molecule has 8 heteroatoms. The minimum absolute atomic E-state index is 0.0700. The summed E-state index contributed by atoms with van der Waals surface area (Å²) in [5, 5.41) is 8.97. The second-order valence-corrected chi connectivity index (χ2v) is 7.35. The van der Waals surface area contributed by atoms with Gasteiger partial charge in [-0.3, -0.25) is 0 Å². The lowest BCUT2D eigenvalue weighted by Crippen LogP contribution is -2.50. The van der Waals surface area contributed by atoms with Crippen molar-refractivity contribution in [1.82, 2.24) is 4.31 Å². The first-order valence-electron chi connectivity index (χ1n) is 6.41. The van der Waals surface area contributed by atoms with Crippen molar-refractivity contribution in [2.75, 3.05) is 19.7 Å². The van der Waals surface area contributed by atoms with E-state index in [-0.39, 0.29) is 19.7 Å². The summed E-state index contributed by atoms with van der Waals surface area (Å²) >= 11 is 0. The van der Waals surface area contributed by atoms with E-state index in [2.05, 4.69) is 0 Å². The zero-order chi connectivity index (χ0) is 15.8. The molecule has 5 nitrogen and oxygen atoms in total. The van der Waals surface area contributed by atoms with Gasteiger partial charge in [0.15, 0.2) is 5.82 Å². The fourth-order valence-corrected chi connectivity index (χ4v) is 3.90. The van der Waals surface area contributed by atoms with Gasteiger partial charge in [0.25, 0.3) is 0 Å². The quantitative estimate of drug-likeness (QED) is 0.910. The Labute approximate surface area is 122 Å². The molecule has 1 N–H and O–H groups in total. The number of rotatable bonds is 3. The number of halogens is 2. The Morgan fingerprint density at radius 1 is 1.38 bits per heavy atom. The van der Waals surface area contributed by atoms with Crippen molar-refractivity contribution in [3.05, 3.63) is 29.3 Å². The molecule has 0 saturated carbocycles. The largest absolute Gasteiger partial charge is 0.391 e. The molecule has 1 aromatic rings. The lowest BCUT2D eigenvalue weighted by atomic mass is 10.1. The van der Waals surface area contributed by atoms with Gasteiger partial charge in [0.2, 0.25) is 10.0 Å². The van der Waals surface area contributed by atoms with E-state index >= 15 is 0 Å². The van der Waals surface area contributed by atoms with E-state index in [1.807, 2.05) is 0 Å². The number of aliphatic hydroxyl groups excluding tert-OH is 1. The molecule has 0 bridgehead atoms. The Kier molecular flexibility index (Phi) is 4.34. The average molecular weight is 321 g/mol. The molecule has 1 fully saturated rings. The van der Waals surface area contributed by atoms with Gasteiger partial charge in [0, 0.05) is 13.1 Å². The van der Waals surface area contributed by atoms with E-state index in [1.54, 1.807) is 13.8 Å². The molecule has 118 valence electrons. The molecule has 1 heterocycles. The van der Waals surface area contributed by atoms with Crippen LogP contribution in [0.5, 0.6) is 0 Å². The van der Waals surface area contributed by atoms with Crippen molar-refractivity contribution in [1.29, 1.82) is 0 Å². The van der Waals surface area contributed by atoms with Gasteiger partial charge >= 0.3 is 0 Å². The average Bonchev–Trinajstić information content (AvgIpc) is 2.37. The summed E-state index contributed by atoms with van der Waals surface area (Å²) in [5.41, 5.74) is -1.33. The molecule has 21 heavy (non-hydrogen) atoms. The number of morpholine rings is 1. The maximum Gasteiger partial charge on any atom is 0.246 e. The van der Waals surface area contributed by atoms with E-state index in [4.69, 9.17) is 9.84 Å². The Bertz CT molecular complexity index is 646. The summed E-state index contributed by atoms with van der Waals surface area (Å²) in [7, 11) is -4.11. The smallest absolute Gasteiger partial charge is 0.246 e. The first kappa shape index (κ1) is 16.3. The minimum Gasteiger partial charge on any atom is -0.391 e. The molecule has 0 aliphatic carbocycles. The highest BCUT2D eigenvalue weighted by atomic mass is 32.2. The molecule has 1 aliphatic rings. The number of sulfonamides is 1. The lowest BCUT2D eigenvalue weighted by Gasteiger charge is -2.37. The van der Waals surface area contributed by atoms with Crippen LogP contribution in [0.4, 0.5) is 8.78 Å². The maximum atomic E-state index is 14.1. The molecule has 0 radical (unpaired) electrons. The molecule has 1 aromatic carbocycles. The van der Waals surface area contributed by atoms with Crippen LogP contribution in [0.25, 0.3) is 0 Å². The Balaban J connectivity index is 2.45. The van der Waals surface area contributed by atoms with Crippen LogP contribution in [-0.4, -0.2) is 43.1 Å². The van der Waals surface area contributed by atoms with Crippen LogP contribution in [-0.2, 0) is 21.4 Å². The highest BCUT2D eigenvalue weighted by molar-refractivity contribution is 7.89. The van der Waals surface area contributed by atoms with Crippen molar-refractivity contribution < 1.29 is 27.0 Å². The highest BCUT2D eigenvalue weighted by Crippen LogP contribution is 2.27. The van der Waals surface area contributed by atoms with E-state index in [1.165, 1.54) is 0 Å². The molecular formula is C13H17F2NO4S. The first-order valence-corrected chi connectivity index (χ1v) is 7.85. The molecular weight excluding hydrogens is 304 g/mol. The van der Waals surface area contributed by atoms with Gasteiger partial charge < -0.3 is 9.84 Å². The highest BCUT2D eigenvalue weighted by Gasteiger charge is 2.36. The molecule has 1 saturated heterocycles. The summed E-state index contributed by atoms with van der Waals surface area (Å²) in [6.07, 6.45) is 0. The van der Waals surface area contributed by atoms with Crippen molar-refractivity contribution in [2.24, 2.45) is 0 Å². The van der Waals surface area contributed by atoms with Crippen LogP contribution in [0.2, 0.25) is 0 Å². The fraction of sp³-hybridized carbons (Fsp3) is 0.538. The number of nitrogens with zero attached hydrogens (tertiary/aromatic N) is 1. The van der Waals surface area contributed by atoms with Crippen LogP contribution in [0.3, 0.4) is 0 Å². The molecule has 0 unspecified atom stereocenters. The zero-order valence-electron chi connectivity index (χ0n) is 11.8. The third kappa shape index (κ3) is 3.08. The van der Waals surface area contributed by atoms with Gasteiger partial charge in [-0.2, -0.15) is 4.31 Å². The molecule has 1 aliphatic heterocycles. The van der Waals surface area contributed by atoms with E-state index in [0.29, 0.717) is 0 Å². The molecule has 0 spiro atoms. The van der Waals surface area contributed by atoms with Crippen LogP contribution in [0, 0.1) is 11.6 Å². The molecule has 0 amide bonds. The summed E-state index contributed by atoms with van der Waals surface area (Å²) < 4.78 is 59.0. The van der Waals surface area contributed by atoms with Crippen LogP contribution >= 0.6 is 0 Å². The normalized spacial score (nSPS) is 19.7. The topological polar surface area (TPSA) is 66.8 Å². The standard InChI is InChI=1S/C13H17F2NO4S/c1-13(2)8-16(5-6-20-13)21(18,19)11-4-3-10(14)9(7-17)12(11)15/h3-4,17H,5-8H2,1-2H3. The summed E-state index contributed by atoms with van der Waals surface area (Å²) in [5.74, 6) is -2.22.